The van der Waals surface area contributed by atoms with Gasteiger partial charge in [0, 0.05) is 44.0 Å². The molecule has 1 aromatic heterocycles. The van der Waals surface area contributed by atoms with E-state index >= 15 is 0 Å². The molecule has 2 saturated carbocycles. The highest BCUT2D eigenvalue weighted by Crippen LogP contribution is 2.31. The van der Waals surface area contributed by atoms with E-state index in [-0.39, 0.29) is 37.0 Å². The van der Waals surface area contributed by atoms with Crippen molar-refractivity contribution < 1.29 is 33.5 Å². The van der Waals surface area contributed by atoms with Gasteiger partial charge in [-0.1, -0.05) is 71.1 Å². The van der Waals surface area contributed by atoms with Gasteiger partial charge in [-0.3, -0.25) is 38.7 Å². The highest BCUT2D eigenvalue weighted by Gasteiger charge is 2.47. The van der Waals surface area contributed by atoms with Crippen molar-refractivity contribution in [3.05, 3.63) is 35.4 Å². The largest absolute Gasteiger partial charge is 0.351 e. The zero-order valence-corrected chi connectivity index (χ0v) is 32.3. The molecule has 1 unspecified atom stereocenters. The lowest BCUT2D eigenvalue weighted by molar-refractivity contribution is -0.145. The SMILES string of the molecule is CCC[C@H](NC(=O)[C@@H]1C[C@@H](OC2CC=C(Cl)C=N2)CN1C(=O)[C@@H](NC(=O)[C@@H](NC(=O)c1cnccn1)C1CCCCC1)C(C)(C)C)C(=O)C(=O)NC1CC1. The molecule has 0 bridgehead atoms. The summed E-state index contributed by atoms with van der Waals surface area (Å²) in [6.07, 6.45) is 13.4. The number of aromatic nitrogens is 2. The number of aliphatic imine (C=N–C) groups is 1. The molecule has 6 atom stereocenters. The van der Waals surface area contributed by atoms with Crippen molar-refractivity contribution in [2.45, 2.75) is 141 Å². The predicted molar refractivity (Wildman–Crippen MR) is 200 cm³/mol. The Labute approximate surface area is 321 Å². The first-order valence-electron chi connectivity index (χ1n) is 19.1. The van der Waals surface area contributed by atoms with Crippen molar-refractivity contribution in [3.8, 4) is 0 Å². The van der Waals surface area contributed by atoms with E-state index in [0.29, 0.717) is 17.9 Å². The van der Waals surface area contributed by atoms with Crippen LogP contribution >= 0.6 is 11.6 Å². The van der Waals surface area contributed by atoms with E-state index in [2.05, 4.69) is 36.2 Å². The number of halogens is 1. The number of nitrogens with zero attached hydrogens (tertiary/aromatic N) is 4. The minimum absolute atomic E-state index is 0.00681. The van der Waals surface area contributed by atoms with Crippen molar-refractivity contribution in [2.24, 2.45) is 16.3 Å². The number of hydrogen-bond acceptors (Lipinski definition) is 10. The average Bonchev–Trinajstić information content (AvgIpc) is 3.88. The van der Waals surface area contributed by atoms with E-state index in [0.717, 1.165) is 44.9 Å². The van der Waals surface area contributed by atoms with Gasteiger partial charge in [0.2, 0.25) is 23.5 Å². The van der Waals surface area contributed by atoms with Gasteiger partial charge in [0.15, 0.2) is 6.23 Å². The molecule has 294 valence electrons. The first-order chi connectivity index (χ1) is 25.7. The quantitative estimate of drug-likeness (QED) is 0.194. The van der Waals surface area contributed by atoms with Crippen LogP contribution in [0.4, 0.5) is 0 Å². The summed E-state index contributed by atoms with van der Waals surface area (Å²) in [4.78, 5) is 96.0. The summed E-state index contributed by atoms with van der Waals surface area (Å²) < 4.78 is 6.25. The summed E-state index contributed by atoms with van der Waals surface area (Å²) >= 11 is 6.06. The molecule has 2 aliphatic heterocycles. The summed E-state index contributed by atoms with van der Waals surface area (Å²) in [5, 5.41) is 11.8. The number of likely N-dealkylation sites (tertiary alicyclic amines) is 1. The van der Waals surface area contributed by atoms with Gasteiger partial charge >= 0.3 is 0 Å². The van der Waals surface area contributed by atoms with Crippen LogP contribution in [0.5, 0.6) is 0 Å². The number of carbonyl (C=O) groups is 6. The molecule has 5 rings (SSSR count). The highest BCUT2D eigenvalue weighted by molar-refractivity contribution is 6.39. The number of nitrogens with one attached hydrogen (secondary N) is 4. The van der Waals surface area contributed by atoms with Crippen LogP contribution in [0.3, 0.4) is 0 Å². The van der Waals surface area contributed by atoms with E-state index < -0.39 is 77.2 Å². The Morgan fingerprint density at radius 3 is 2.35 bits per heavy atom. The molecule has 54 heavy (non-hydrogen) atoms. The van der Waals surface area contributed by atoms with Crippen molar-refractivity contribution in [1.82, 2.24) is 36.1 Å². The predicted octanol–water partition coefficient (Wildman–Crippen LogP) is 2.73. The van der Waals surface area contributed by atoms with E-state index in [1.807, 2.05) is 27.7 Å². The maximum absolute atomic E-state index is 14.7. The number of carbonyl (C=O) groups excluding carboxylic acids is 6. The van der Waals surface area contributed by atoms with Crippen molar-refractivity contribution in [2.75, 3.05) is 6.54 Å². The lowest BCUT2D eigenvalue weighted by atomic mass is 9.82. The Hall–Kier alpha value is -4.24. The van der Waals surface area contributed by atoms with Crippen LogP contribution in [0, 0.1) is 11.3 Å². The smallest absolute Gasteiger partial charge is 0.289 e. The molecule has 4 N–H and O–H groups in total. The number of ketones is 1. The number of ether oxygens (including phenoxy) is 1. The van der Waals surface area contributed by atoms with Gasteiger partial charge in [-0.15, -0.1) is 0 Å². The Morgan fingerprint density at radius 1 is 1.00 bits per heavy atom. The number of allylic oxidation sites excluding steroid dienone is 1. The minimum atomic E-state index is -1.12. The fourth-order valence-corrected chi connectivity index (χ4v) is 7.34. The zero-order valence-electron chi connectivity index (χ0n) is 31.5. The molecule has 0 spiro atoms. The summed E-state index contributed by atoms with van der Waals surface area (Å²) in [5.74, 6) is -3.84. The van der Waals surface area contributed by atoms with E-state index in [9.17, 15) is 28.8 Å². The summed E-state index contributed by atoms with van der Waals surface area (Å²) in [6, 6.07) is -4.26. The second-order valence-electron chi connectivity index (χ2n) is 15.8. The molecule has 15 nitrogen and oxygen atoms in total. The maximum atomic E-state index is 14.7. The molecule has 16 heteroatoms. The molecule has 0 radical (unpaired) electrons. The lowest BCUT2D eigenvalue weighted by Gasteiger charge is -2.37. The van der Waals surface area contributed by atoms with Crippen molar-refractivity contribution >= 4 is 53.1 Å². The van der Waals surface area contributed by atoms with Gasteiger partial charge < -0.3 is 30.9 Å². The normalized spacial score (nSPS) is 23.4. The second kappa shape index (κ2) is 18.4. The molecule has 0 aromatic carbocycles. The number of rotatable bonds is 15. The van der Waals surface area contributed by atoms with E-state index in [1.165, 1.54) is 29.7 Å². The minimum Gasteiger partial charge on any atom is -0.351 e. The van der Waals surface area contributed by atoms with E-state index in [1.54, 1.807) is 6.08 Å². The highest BCUT2D eigenvalue weighted by atomic mass is 35.5. The van der Waals surface area contributed by atoms with Crippen LogP contribution in [0.1, 0.15) is 109 Å². The van der Waals surface area contributed by atoms with Gasteiger partial charge in [0.05, 0.1) is 23.4 Å². The van der Waals surface area contributed by atoms with Gasteiger partial charge in [0.1, 0.15) is 23.8 Å². The molecule has 3 fully saturated rings. The van der Waals surface area contributed by atoms with Gasteiger partial charge in [0.25, 0.3) is 11.8 Å². The summed E-state index contributed by atoms with van der Waals surface area (Å²) in [7, 11) is 0. The molecule has 1 saturated heterocycles. The third-order valence-corrected chi connectivity index (χ3v) is 10.6. The first-order valence-corrected chi connectivity index (χ1v) is 19.5. The summed E-state index contributed by atoms with van der Waals surface area (Å²) in [5.41, 5.74) is -0.772. The Balaban J connectivity index is 1.38. The van der Waals surface area contributed by atoms with Gasteiger partial charge in [-0.05, 0) is 43.4 Å². The third kappa shape index (κ3) is 10.9. The maximum Gasteiger partial charge on any atom is 0.289 e. The second-order valence-corrected chi connectivity index (χ2v) is 16.2. The van der Waals surface area contributed by atoms with Crippen molar-refractivity contribution in [1.29, 1.82) is 0 Å². The first kappa shape index (κ1) is 40.9. The standard InChI is InChI=1S/C38H53ClN8O7/c1-5-9-26(31(48)36(52)43-24-13-14-24)44-34(50)28-18-25(54-29-15-12-23(39)19-42-29)21-47(28)37(53)32(38(2,3)4)46-35(51)30(22-10-7-6-8-11-22)45-33(49)27-20-40-16-17-41-27/h12,16-17,19-20,22,24-26,28-30,32H,5-11,13-15,18,21H2,1-4H3,(H,43,52)(H,44,50)(H,45,49)(H,46,51)/t25-,26+,28+,29?,30+,32-/m1/s1. The Kier molecular flexibility index (Phi) is 13.9. The Bertz CT molecular complexity index is 1610. The van der Waals surface area contributed by atoms with Crippen LogP contribution in [-0.2, 0) is 28.7 Å². The van der Waals surface area contributed by atoms with Gasteiger partial charge in [-0.25, -0.2) is 4.98 Å². The van der Waals surface area contributed by atoms with E-state index in [4.69, 9.17) is 16.3 Å². The monoisotopic (exact) mass is 768 g/mol. The molecule has 5 amide bonds. The van der Waals surface area contributed by atoms with Crippen LogP contribution in [0.2, 0.25) is 0 Å². The zero-order chi connectivity index (χ0) is 39.0. The lowest BCUT2D eigenvalue weighted by Crippen LogP contribution is -2.62. The third-order valence-electron chi connectivity index (χ3n) is 10.3. The molecule has 3 heterocycles. The van der Waals surface area contributed by atoms with Crippen LogP contribution in [0.25, 0.3) is 0 Å². The average molecular weight is 769 g/mol. The summed E-state index contributed by atoms with van der Waals surface area (Å²) in [6.45, 7) is 7.28. The molecular formula is C38H53ClN8O7. The van der Waals surface area contributed by atoms with Crippen LogP contribution in [-0.4, -0.2) is 105 Å². The number of amides is 5. The number of dihydropyridines is 1. The molecule has 4 aliphatic rings. The topological polar surface area (TPSA) is 201 Å². The van der Waals surface area contributed by atoms with Gasteiger partial charge in [-0.2, -0.15) is 0 Å². The van der Waals surface area contributed by atoms with Crippen molar-refractivity contribution in [3.63, 3.8) is 0 Å². The fourth-order valence-electron chi connectivity index (χ4n) is 7.19. The van der Waals surface area contributed by atoms with Crippen LogP contribution in [0.15, 0.2) is 34.7 Å². The number of hydrogen-bond donors (Lipinski definition) is 4. The van der Waals surface area contributed by atoms with Crippen LogP contribution < -0.4 is 21.3 Å². The molecule has 2 aliphatic carbocycles. The fraction of sp³-hybridized carbons (Fsp3) is 0.658. The molecule has 1 aromatic rings. The molecular weight excluding hydrogens is 716 g/mol. The number of Topliss-reactive ketones (excluding diaryl/α,β-unsaturated/α-hetero) is 1. The Morgan fingerprint density at radius 2 is 1.74 bits per heavy atom.